The summed E-state index contributed by atoms with van der Waals surface area (Å²) < 4.78 is 33.8. The molecule has 2 aromatic heterocycles. The number of sulfonamides is 1. The second-order valence-corrected chi connectivity index (χ2v) is 9.56. The maximum Gasteiger partial charge on any atom is 0.289 e. The van der Waals surface area contributed by atoms with Gasteiger partial charge < -0.3 is 14.9 Å². The number of nitrogens with one attached hydrogen (secondary N) is 1. The number of aliphatic hydroxyl groups is 1. The Bertz CT molecular complexity index is 1490. The van der Waals surface area contributed by atoms with Crippen LogP contribution in [0.15, 0.2) is 65.8 Å². The highest BCUT2D eigenvalue weighted by Crippen LogP contribution is 2.34. The number of H-pyrrole nitrogens is 1. The molecule has 2 aromatic carbocycles. The fraction of sp³-hybridized carbons (Fsp3) is 0.217. The van der Waals surface area contributed by atoms with E-state index in [2.05, 4.69) is 15.2 Å². The Balaban J connectivity index is 1.80. The van der Waals surface area contributed by atoms with E-state index < -0.39 is 25.5 Å². The van der Waals surface area contributed by atoms with Crippen molar-refractivity contribution in [2.45, 2.75) is 11.3 Å². The predicted molar refractivity (Wildman–Crippen MR) is 131 cm³/mol. The summed E-state index contributed by atoms with van der Waals surface area (Å²) in [6, 6.07) is 11.5. The van der Waals surface area contributed by atoms with Crippen molar-refractivity contribution in [3.8, 4) is 17.0 Å². The molecule has 0 radical (unpaired) electrons. The highest BCUT2D eigenvalue weighted by atomic mass is 32.2. The number of nitrogens with zero attached hydrogens (tertiary/aromatic N) is 4. The minimum Gasteiger partial charge on any atom is -0.506 e. The number of hydrogen-bond acceptors (Lipinski definition) is 9. The van der Waals surface area contributed by atoms with Crippen LogP contribution in [-0.4, -0.2) is 65.1 Å². The van der Waals surface area contributed by atoms with Gasteiger partial charge >= 0.3 is 0 Å². The van der Waals surface area contributed by atoms with E-state index in [4.69, 9.17) is 9.84 Å². The molecule has 0 saturated heterocycles. The Morgan fingerprint density at radius 1 is 1.11 bits per heavy atom. The Labute approximate surface area is 206 Å². The van der Waals surface area contributed by atoms with Gasteiger partial charge in [-0.25, -0.2) is 8.42 Å². The van der Waals surface area contributed by atoms with E-state index in [0.717, 1.165) is 10.4 Å². The molecule has 12 nitrogen and oxygen atoms in total. The molecule has 0 unspecified atom stereocenters. The van der Waals surface area contributed by atoms with Gasteiger partial charge in [0.25, 0.3) is 15.7 Å². The number of ether oxygens (including phenoxy) is 1. The van der Waals surface area contributed by atoms with Crippen molar-refractivity contribution >= 4 is 32.3 Å². The van der Waals surface area contributed by atoms with E-state index in [-0.39, 0.29) is 44.2 Å². The molecule has 0 amide bonds. The van der Waals surface area contributed by atoms with E-state index in [9.17, 15) is 23.6 Å². The van der Waals surface area contributed by atoms with Crippen molar-refractivity contribution in [3.05, 3.63) is 71.0 Å². The van der Waals surface area contributed by atoms with Crippen molar-refractivity contribution in [1.29, 1.82) is 0 Å². The van der Waals surface area contributed by atoms with Gasteiger partial charge in [-0.05, 0) is 36.8 Å². The van der Waals surface area contributed by atoms with E-state index in [1.807, 2.05) is 0 Å². The van der Waals surface area contributed by atoms with E-state index >= 15 is 0 Å². The number of nitro groups is 1. The maximum absolute atomic E-state index is 13.7. The average Bonchev–Trinajstić information content (AvgIpc) is 3.29. The van der Waals surface area contributed by atoms with Gasteiger partial charge in [0.2, 0.25) is 0 Å². The number of aromatic nitrogens is 3. The summed E-state index contributed by atoms with van der Waals surface area (Å²) in [6.07, 6.45) is 3.07. The van der Waals surface area contributed by atoms with Crippen LogP contribution in [0.4, 0.5) is 11.4 Å². The Hall–Kier alpha value is -4.07. The van der Waals surface area contributed by atoms with Gasteiger partial charge in [0, 0.05) is 36.4 Å². The summed E-state index contributed by atoms with van der Waals surface area (Å²) in [5, 5.41) is 38.0. The molecular weight excluding hydrogens is 490 g/mol. The summed E-state index contributed by atoms with van der Waals surface area (Å²) in [5.41, 5.74) is 1.31. The molecule has 0 fully saturated rings. The number of aromatic hydroxyl groups is 1. The molecule has 0 atom stereocenters. The van der Waals surface area contributed by atoms with Crippen LogP contribution >= 0.6 is 0 Å². The molecule has 4 rings (SSSR count). The zero-order valence-electron chi connectivity index (χ0n) is 18.9. The predicted octanol–water partition coefficient (Wildman–Crippen LogP) is 2.83. The van der Waals surface area contributed by atoms with Crippen molar-refractivity contribution in [3.63, 3.8) is 0 Å². The number of nitro benzene ring substituents is 1. The van der Waals surface area contributed by atoms with Crippen LogP contribution in [0.25, 0.3) is 22.2 Å². The average molecular weight is 514 g/mol. The number of anilines is 1. The Kier molecular flexibility index (Phi) is 7.43. The minimum atomic E-state index is -4.35. The summed E-state index contributed by atoms with van der Waals surface area (Å²) in [4.78, 5) is 14.4. The van der Waals surface area contributed by atoms with Crippen LogP contribution < -0.4 is 4.31 Å². The molecule has 0 aliphatic rings. The molecule has 36 heavy (non-hydrogen) atoms. The van der Waals surface area contributed by atoms with E-state index in [0.29, 0.717) is 22.2 Å². The normalized spacial score (nSPS) is 11.6. The zero-order chi connectivity index (χ0) is 25.7. The largest absolute Gasteiger partial charge is 0.506 e. The van der Waals surface area contributed by atoms with Crippen molar-refractivity contribution in [1.82, 2.24) is 15.2 Å². The van der Waals surface area contributed by atoms with E-state index in [1.54, 1.807) is 18.2 Å². The summed E-state index contributed by atoms with van der Waals surface area (Å²) >= 11 is 0. The number of fused-ring (bicyclic) bond motifs is 1. The third-order valence-corrected chi connectivity index (χ3v) is 7.22. The van der Waals surface area contributed by atoms with Gasteiger partial charge in [-0.15, -0.1) is 0 Å². The highest BCUT2D eigenvalue weighted by Gasteiger charge is 2.32. The SMILES string of the molecule is O=[N+]([O-])c1ccccc1S(=O)(=O)N(CCCOCCO)c1ccc2[nH]nc(-c3cncc(O)c3)c2c1. The smallest absolute Gasteiger partial charge is 0.289 e. The third-order valence-electron chi connectivity index (χ3n) is 5.35. The topological polar surface area (TPSA) is 172 Å². The van der Waals surface area contributed by atoms with Crippen molar-refractivity contribution in [2.75, 3.05) is 30.7 Å². The zero-order valence-corrected chi connectivity index (χ0v) is 19.8. The van der Waals surface area contributed by atoms with Crippen LogP contribution in [-0.2, 0) is 14.8 Å². The second-order valence-electron chi connectivity index (χ2n) is 7.73. The Morgan fingerprint density at radius 2 is 1.92 bits per heavy atom. The van der Waals surface area contributed by atoms with Gasteiger partial charge in [-0.2, -0.15) is 5.10 Å². The van der Waals surface area contributed by atoms with Crippen molar-refractivity contribution < 1.29 is 28.3 Å². The first-order chi connectivity index (χ1) is 17.3. The maximum atomic E-state index is 13.7. The highest BCUT2D eigenvalue weighted by molar-refractivity contribution is 7.93. The van der Waals surface area contributed by atoms with Gasteiger partial charge in [-0.1, -0.05) is 12.1 Å². The molecule has 13 heteroatoms. The molecular formula is C23H23N5O7S. The number of rotatable bonds is 11. The quantitative estimate of drug-likeness (QED) is 0.155. The minimum absolute atomic E-state index is 0.0355. The van der Waals surface area contributed by atoms with Crippen LogP contribution in [0.3, 0.4) is 0 Å². The first-order valence-corrected chi connectivity index (χ1v) is 12.3. The van der Waals surface area contributed by atoms with Gasteiger partial charge in [0.15, 0.2) is 4.90 Å². The fourth-order valence-electron chi connectivity index (χ4n) is 3.74. The first kappa shape index (κ1) is 25.0. The standard InChI is InChI=1S/C23H23N5O7S/c29-9-11-35-10-3-8-27(36(33,34)22-5-2-1-4-21(22)28(31)32)17-6-7-20-19(13-17)23(26-25-20)16-12-18(30)15-24-14-16/h1-2,4-7,12-15,29-30H,3,8-11H2,(H,25,26). The lowest BCUT2D eigenvalue weighted by molar-refractivity contribution is -0.387. The molecule has 188 valence electrons. The lowest BCUT2D eigenvalue weighted by atomic mass is 10.1. The van der Waals surface area contributed by atoms with Crippen LogP contribution in [0.5, 0.6) is 5.75 Å². The molecule has 0 aliphatic carbocycles. The number of aliphatic hydroxyl groups excluding tert-OH is 1. The first-order valence-electron chi connectivity index (χ1n) is 10.9. The van der Waals surface area contributed by atoms with Gasteiger partial charge in [0.1, 0.15) is 11.4 Å². The monoisotopic (exact) mass is 513 g/mol. The van der Waals surface area contributed by atoms with Gasteiger partial charge in [0.05, 0.1) is 35.5 Å². The molecule has 0 saturated carbocycles. The van der Waals surface area contributed by atoms with Crippen LogP contribution in [0.1, 0.15) is 6.42 Å². The van der Waals surface area contributed by atoms with E-state index in [1.165, 1.54) is 36.7 Å². The van der Waals surface area contributed by atoms with Crippen LogP contribution in [0.2, 0.25) is 0 Å². The third kappa shape index (κ3) is 5.12. The fourth-order valence-corrected chi connectivity index (χ4v) is 5.40. The van der Waals surface area contributed by atoms with Gasteiger partial charge in [-0.3, -0.25) is 24.5 Å². The molecule has 0 spiro atoms. The number of benzene rings is 2. The molecule has 3 N–H and O–H groups in total. The summed E-state index contributed by atoms with van der Waals surface area (Å²) in [5.74, 6) is -0.0525. The molecule has 0 aliphatic heterocycles. The summed E-state index contributed by atoms with van der Waals surface area (Å²) in [6.45, 7) is 0.0884. The molecule has 2 heterocycles. The number of para-hydroxylation sites is 1. The Morgan fingerprint density at radius 3 is 2.67 bits per heavy atom. The number of hydrogen-bond donors (Lipinski definition) is 3. The molecule has 0 bridgehead atoms. The van der Waals surface area contributed by atoms with Crippen LogP contribution in [0, 0.1) is 10.1 Å². The molecule has 4 aromatic rings. The number of pyridine rings is 1. The lowest BCUT2D eigenvalue weighted by Crippen LogP contribution is -2.33. The number of aromatic amines is 1. The second kappa shape index (κ2) is 10.7. The lowest BCUT2D eigenvalue weighted by Gasteiger charge is -2.24. The van der Waals surface area contributed by atoms with Crippen molar-refractivity contribution in [2.24, 2.45) is 0 Å². The summed E-state index contributed by atoms with van der Waals surface area (Å²) in [7, 11) is -4.35.